The summed E-state index contributed by atoms with van der Waals surface area (Å²) in [6, 6.07) is 0. The summed E-state index contributed by atoms with van der Waals surface area (Å²) in [5.41, 5.74) is 2.41. The lowest BCUT2D eigenvalue weighted by Gasteiger charge is -2.27. The monoisotopic (exact) mass is 375 g/mol. The van der Waals surface area contributed by atoms with Crippen molar-refractivity contribution in [3.05, 3.63) is 27.5 Å². The van der Waals surface area contributed by atoms with E-state index >= 15 is 0 Å². The maximum Gasteiger partial charge on any atom is 0.356 e. The summed E-state index contributed by atoms with van der Waals surface area (Å²) in [5, 5.41) is 17.5. The molecule has 2 aromatic heterocycles. The molecule has 138 valence electrons. The van der Waals surface area contributed by atoms with Gasteiger partial charge >= 0.3 is 5.97 Å². The van der Waals surface area contributed by atoms with E-state index in [1.54, 1.807) is 11.9 Å². The molecule has 1 aliphatic heterocycles. The Hall–Kier alpha value is -2.42. The van der Waals surface area contributed by atoms with Gasteiger partial charge in [-0.15, -0.1) is 0 Å². The molecule has 26 heavy (non-hydrogen) atoms. The number of aromatic nitrogens is 3. The van der Waals surface area contributed by atoms with E-state index in [1.807, 2.05) is 11.6 Å². The van der Waals surface area contributed by atoms with Gasteiger partial charge in [-0.1, -0.05) is 11.3 Å². The average molecular weight is 375 g/mol. The molecule has 0 spiro atoms. The molecule has 0 saturated heterocycles. The summed E-state index contributed by atoms with van der Waals surface area (Å²) in [6.07, 6.45) is 2.99. The van der Waals surface area contributed by atoms with Crippen LogP contribution in [0.1, 0.15) is 50.0 Å². The zero-order chi connectivity index (χ0) is 18.4. The van der Waals surface area contributed by atoms with Gasteiger partial charge in [-0.25, -0.2) is 9.78 Å². The van der Waals surface area contributed by atoms with Crippen LogP contribution < -0.4 is 5.32 Å². The maximum absolute atomic E-state index is 12.9. The summed E-state index contributed by atoms with van der Waals surface area (Å²) in [7, 11) is 1.77. The number of nitrogens with zero attached hydrogens (tertiary/aromatic N) is 4. The molecule has 8 nitrogen and oxygen atoms in total. The number of hydrogen-bond acceptors (Lipinski definition) is 6. The SMILES string of the molecule is CNc1nc(C)c(C(=O)N2CCc3c(c(C(=O)O)nn3CC3CC3)C2)s1. The molecule has 2 aliphatic rings. The number of aryl methyl sites for hydroxylation is 1. The van der Waals surface area contributed by atoms with Crippen LogP contribution in [0.5, 0.6) is 0 Å². The standard InChI is InChI=1S/C17H21N5O3S/c1-9-14(26-17(18-2)19-9)15(23)21-6-5-12-11(8-21)13(16(24)25)20-22(12)7-10-3-4-10/h10H,3-8H2,1-2H3,(H,18,19)(H,24,25). The van der Waals surface area contributed by atoms with Crippen molar-refractivity contribution in [2.75, 3.05) is 18.9 Å². The highest BCUT2D eigenvalue weighted by molar-refractivity contribution is 7.17. The van der Waals surface area contributed by atoms with E-state index in [0.29, 0.717) is 40.1 Å². The molecule has 0 unspecified atom stereocenters. The van der Waals surface area contributed by atoms with Crippen molar-refractivity contribution in [2.24, 2.45) is 5.92 Å². The zero-order valence-corrected chi connectivity index (χ0v) is 15.6. The van der Waals surface area contributed by atoms with Crippen molar-refractivity contribution in [3.8, 4) is 0 Å². The summed E-state index contributed by atoms with van der Waals surface area (Å²) < 4.78 is 1.86. The van der Waals surface area contributed by atoms with E-state index in [9.17, 15) is 14.7 Å². The molecule has 4 rings (SSSR count). The van der Waals surface area contributed by atoms with Gasteiger partial charge in [0.15, 0.2) is 10.8 Å². The summed E-state index contributed by atoms with van der Waals surface area (Å²) in [5.74, 6) is -0.518. The quantitative estimate of drug-likeness (QED) is 0.829. The number of carboxylic acids is 1. The predicted molar refractivity (Wildman–Crippen MR) is 96.8 cm³/mol. The third-order valence-electron chi connectivity index (χ3n) is 4.96. The highest BCUT2D eigenvalue weighted by atomic mass is 32.1. The number of hydrogen-bond donors (Lipinski definition) is 2. The lowest BCUT2D eigenvalue weighted by atomic mass is 10.0. The highest BCUT2D eigenvalue weighted by Gasteiger charge is 2.33. The molecule has 1 aliphatic carbocycles. The fourth-order valence-electron chi connectivity index (χ4n) is 3.38. The van der Waals surface area contributed by atoms with Crippen LogP contribution in [0.15, 0.2) is 0 Å². The third-order valence-corrected chi connectivity index (χ3v) is 6.12. The molecule has 1 saturated carbocycles. The van der Waals surface area contributed by atoms with E-state index in [0.717, 1.165) is 12.2 Å². The Bertz CT molecular complexity index is 883. The number of anilines is 1. The molecule has 0 atom stereocenters. The first-order valence-corrected chi connectivity index (χ1v) is 9.56. The molecule has 2 N–H and O–H groups in total. The topological polar surface area (TPSA) is 100 Å². The van der Waals surface area contributed by atoms with Gasteiger partial charge in [0.1, 0.15) is 4.88 Å². The molecule has 0 radical (unpaired) electrons. The lowest BCUT2D eigenvalue weighted by Crippen LogP contribution is -2.36. The van der Waals surface area contributed by atoms with E-state index in [2.05, 4.69) is 15.4 Å². The first-order valence-electron chi connectivity index (χ1n) is 8.74. The van der Waals surface area contributed by atoms with Crippen LogP contribution in [0, 0.1) is 12.8 Å². The van der Waals surface area contributed by atoms with Crippen LogP contribution in [0.2, 0.25) is 0 Å². The fraction of sp³-hybridized carbons (Fsp3) is 0.529. The second-order valence-electron chi connectivity index (χ2n) is 6.86. The molecular formula is C17H21N5O3S. The number of carbonyl (C=O) groups excluding carboxylic acids is 1. The van der Waals surface area contributed by atoms with Gasteiger partial charge in [-0.3, -0.25) is 9.48 Å². The Morgan fingerprint density at radius 3 is 2.77 bits per heavy atom. The third kappa shape index (κ3) is 2.96. The number of rotatable bonds is 5. The van der Waals surface area contributed by atoms with Crippen molar-refractivity contribution >= 4 is 28.3 Å². The number of thiazole rings is 1. The number of nitrogens with one attached hydrogen (secondary N) is 1. The Morgan fingerprint density at radius 2 is 2.15 bits per heavy atom. The second-order valence-corrected chi connectivity index (χ2v) is 7.86. The minimum Gasteiger partial charge on any atom is -0.476 e. The Balaban J connectivity index is 1.62. The van der Waals surface area contributed by atoms with Gasteiger partial charge in [0, 0.05) is 37.8 Å². The molecule has 9 heteroatoms. The van der Waals surface area contributed by atoms with Gasteiger partial charge in [0.05, 0.1) is 12.2 Å². The largest absolute Gasteiger partial charge is 0.476 e. The predicted octanol–water partition coefficient (Wildman–Crippen LogP) is 2.00. The van der Waals surface area contributed by atoms with Gasteiger partial charge in [-0.05, 0) is 25.7 Å². The number of aromatic carboxylic acids is 1. The first kappa shape index (κ1) is 17.0. The van der Waals surface area contributed by atoms with Gasteiger partial charge < -0.3 is 15.3 Å². The minimum atomic E-state index is -1.03. The van der Waals surface area contributed by atoms with E-state index in [-0.39, 0.29) is 18.1 Å². The van der Waals surface area contributed by atoms with Crippen LogP contribution in [0.25, 0.3) is 0 Å². The molecule has 2 aromatic rings. The van der Waals surface area contributed by atoms with Crippen LogP contribution in [0.4, 0.5) is 5.13 Å². The van der Waals surface area contributed by atoms with Crippen LogP contribution in [-0.4, -0.2) is 50.2 Å². The summed E-state index contributed by atoms with van der Waals surface area (Å²) >= 11 is 1.32. The van der Waals surface area contributed by atoms with Crippen molar-refractivity contribution in [3.63, 3.8) is 0 Å². The summed E-state index contributed by atoms with van der Waals surface area (Å²) in [4.78, 5) is 31.2. The van der Waals surface area contributed by atoms with Gasteiger partial charge in [0.2, 0.25) is 0 Å². The average Bonchev–Trinajstić information content (AvgIpc) is 3.25. The van der Waals surface area contributed by atoms with Crippen molar-refractivity contribution in [2.45, 2.75) is 39.3 Å². The Morgan fingerprint density at radius 1 is 1.38 bits per heavy atom. The number of amides is 1. The Labute approximate surface area is 154 Å². The van der Waals surface area contributed by atoms with Crippen molar-refractivity contribution < 1.29 is 14.7 Å². The van der Waals surface area contributed by atoms with Gasteiger partial charge in [-0.2, -0.15) is 5.10 Å². The zero-order valence-electron chi connectivity index (χ0n) is 14.8. The van der Waals surface area contributed by atoms with E-state index < -0.39 is 5.97 Å². The fourth-order valence-corrected chi connectivity index (χ4v) is 4.27. The summed E-state index contributed by atoms with van der Waals surface area (Å²) in [6.45, 7) is 3.44. The van der Waals surface area contributed by atoms with Crippen LogP contribution >= 0.6 is 11.3 Å². The second kappa shape index (κ2) is 6.39. The molecule has 1 amide bonds. The normalized spacial score (nSPS) is 16.5. The lowest BCUT2D eigenvalue weighted by molar-refractivity contribution is 0.0674. The molecule has 0 aromatic carbocycles. The van der Waals surface area contributed by atoms with Gasteiger partial charge in [0.25, 0.3) is 5.91 Å². The molecule has 3 heterocycles. The number of carbonyl (C=O) groups is 2. The molecule has 1 fully saturated rings. The first-order chi connectivity index (χ1) is 12.5. The minimum absolute atomic E-state index is 0.0788. The van der Waals surface area contributed by atoms with E-state index in [1.165, 1.54) is 24.2 Å². The smallest absolute Gasteiger partial charge is 0.356 e. The highest BCUT2D eigenvalue weighted by Crippen LogP contribution is 2.33. The molecular weight excluding hydrogens is 354 g/mol. The number of carboxylic acid groups (broad SMARTS) is 1. The van der Waals surface area contributed by atoms with Crippen LogP contribution in [-0.2, 0) is 19.5 Å². The number of fused-ring (bicyclic) bond motifs is 1. The van der Waals surface area contributed by atoms with E-state index in [4.69, 9.17) is 0 Å². The molecule has 0 bridgehead atoms. The maximum atomic E-state index is 12.9. The van der Waals surface area contributed by atoms with Crippen molar-refractivity contribution in [1.29, 1.82) is 0 Å². The Kier molecular flexibility index (Phi) is 4.18. The van der Waals surface area contributed by atoms with Crippen molar-refractivity contribution in [1.82, 2.24) is 19.7 Å². The van der Waals surface area contributed by atoms with Crippen LogP contribution in [0.3, 0.4) is 0 Å².